The molecule has 1 aromatic rings. The molecule has 1 aromatic heterocycles. The van der Waals surface area contributed by atoms with Gasteiger partial charge in [0.15, 0.2) is 0 Å². The number of aliphatic hydroxyl groups is 1. The lowest BCUT2D eigenvalue weighted by Gasteiger charge is -2.02. The van der Waals surface area contributed by atoms with Crippen LogP contribution in [-0.2, 0) is 13.2 Å². The Morgan fingerprint density at radius 1 is 1.38 bits per heavy atom. The summed E-state index contributed by atoms with van der Waals surface area (Å²) in [7, 11) is 0. The van der Waals surface area contributed by atoms with Crippen LogP contribution in [-0.4, -0.2) is 20.1 Å². The van der Waals surface area contributed by atoms with Crippen molar-refractivity contribution in [2.24, 2.45) is 0 Å². The molecule has 74 valence electrons. The van der Waals surface area contributed by atoms with Crippen molar-refractivity contribution in [2.75, 3.05) is 0 Å². The van der Waals surface area contributed by atoms with Gasteiger partial charge in [0.1, 0.15) is 0 Å². The predicted octanol–water partition coefficient (Wildman–Crippen LogP) is 1.35. The minimum absolute atomic E-state index is 0.0285. The molecule has 0 aliphatic rings. The van der Waals surface area contributed by atoms with E-state index in [1.54, 1.807) is 10.9 Å². The van der Waals surface area contributed by atoms with Crippen LogP contribution in [0.15, 0.2) is 6.20 Å². The summed E-state index contributed by atoms with van der Waals surface area (Å²) >= 11 is 0. The maximum Gasteiger partial charge on any atom is 0.0866 e. The number of nitrogens with zero attached hydrogens (tertiary/aromatic N) is 3. The van der Waals surface area contributed by atoms with E-state index in [9.17, 15) is 0 Å². The fourth-order valence-electron chi connectivity index (χ4n) is 1.28. The van der Waals surface area contributed by atoms with Crippen LogP contribution < -0.4 is 0 Å². The largest absolute Gasteiger partial charge is 0.390 e. The molecule has 0 aromatic carbocycles. The van der Waals surface area contributed by atoms with Gasteiger partial charge in [-0.1, -0.05) is 31.4 Å². The zero-order valence-corrected chi connectivity index (χ0v) is 8.11. The fraction of sp³-hybridized carbons (Fsp3) is 0.778. The van der Waals surface area contributed by atoms with E-state index in [0.717, 1.165) is 18.7 Å². The van der Waals surface area contributed by atoms with Crippen LogP contribution in [0.2, 0.25) is 0 Å². The minimum Gasteiger partial charge on any atom is -0.390 e. The van der Waals surface area contributed by atoms with Gasteiger partial charge in [-0.3, -0.25) is 0 Å². The molecule has 0 saturated carbocycles. The highest BCUT2D eigenvalue weighted by Crippen LogP contribution is 2.03. The average Bonchev–Trinajstić information content (AvgIpc) is 2.60. The highest BCUT2D eigenvalue weighted by molar-refractivity contribution is 4.90. The molecule has 0 unspecified atom stereocenters. The molecule has 4 heteroatoms. The SMILES string of the molecule is CCCCCCn1nncc1CO. The number of unbranched alkanes of at least 4 members (excludes halogenated alkanes) is 3. The quantitative estimate of drug-likeness (QED) is 0.677. The Morgan fingerprint density at radius 3 is 2.92 bits per heavy atom. The third kappa shape index (κ3) is 3.14. The Balaban J connectivity index is 2.27. The summed E-state index contributed by atoms with van der Waals surface area (Å²) < 4.78 is 1.77. The van der Waals surface area contributed by atoms with Gasteiger partial charge in [-0.25, -0.2) is 4.68 Å². The van der Waals surface area contributed by atoms with Crippen molar-refractivity contribution in [3.05, 3.63) is 11.9 Å². The molecule has 1 N–H and O–H groups in total. The first-order valence-electron chi connectivity index (χ1n) is 4.86. The summed E-state index contributed by atoms with van der Waals surface area (Å²) in [5, 5.41) is 16.5. The van der Waals surface area contributed by atoms with Gasteiger partial charge >= 0.3 is 0 Å². The van der Waals surface area contributed by atoms with Crippen LogP contribution in [0.3, 0.4) is 0 Å². The van der Waals surface area contributed by atoms with Gasteiger partial charge in [-0.15, -0.1) is 5.10 Å². The van der Waals surface area contributed by atoms with E-state index in [2.05, 4.69) is 17.2 Å². The summed E-state index contributed by atoms with van der Waals surface area (Å²) in [6.45, 7) is 3.09. The van der Waals surface area contributed by atoms with Crippen molar-refractivity contribution in [2.45, 2.75) is 45.8 Å². The molecule has 0 aliphatic heterocycles. The minimum atomic E-state index is 0.0285. The second-order valence-electron chi connectivity index (χ2n) is 3.17. The van der Waals surface area contributed by atoms with Crippen LogP contribution in [0.5, 0.6) is 0 Å². The third-order valence-electron chi connectivity index (χ3n) is 2.08. The zero-order chi connectivity index (χ0) is 9.52. The molecule has 13 heavy (non-hydrogen) atoms. The standard InChI is InChI=1S/C9H17N3O/c1-2-3-4-5-6-12-9(8-13)7-10-11-12/h7,13H,2-6,8H2,1H3. The van der Waals surface area contributed by atoms with Gasteiger partial charge in [0.2, 0.25) is 0 Å². The maximum absolute atomic E-state index is 8.91. The van der Waals surface area contributed by atoms with E-state index in [1.165, 1.54) is 19.3 Å². The molecule has 0 atom stereocenters. The number of rotatable bonds is 6. The van der Waals surface area contributed by atoms with Crippen LogP contribution in [0.1, 0.15) is 38.3 Å². The van der Waals surface area contributed by atoms with Crippen molar-refractivity contribution >= 4 is 0 Å². The lowest BCUT2D eigenvalue weighted by Crippen LogP contribution is -2.05. The first kappa shape index (κ1) is 10.2. The second-order valence-corrected chi connectivity index (χ2v) is 3.17. The van der Waals surface area contributed by atoms with Crippen molar-refractivity contribution in [3.63, 3.8) is 0 Å². The number of hydrogen-bond donors (Lipinski definition) is 1. The smallest absolute Gasteiger partial charge is 0.0866 e. The van der Waals surface area contributed by atoms with Gasteiger partial charge in [0, 0.05) is 6.54 Å². The molecule has 0 bridgehead atoms. The Kier molecular flexibility index (Phi) is 4.46. The summed E-state index contributed by atoms with van der Waals surface area (Å²) in [4.78, 5) is 0. The molecule has 0 fully saturated rings. The van der Waals surface area contributed by atoms with Gasteiger partial charge in [0.25, 0.3) is 0 Å². The van der Waals surface area contributed by atoms with Gasteiger partial charge in [0.05, 0.1) is 18.5 Å². The zero-order valence-electron chi connectivity index (χ0n) is 8.11. The van der Waals surface area contributed by atoms with E-state index >= 15 is 0 Å². The number of aliphatic hydroxyl groups excluding tert-OH is 1. The van der Waals surface area contributed by atoms with E-state index in [0.29, 0.717) is 0 Å². The topological polar surface area (TPSA) is 50.9 Å². The van der Waals surface area contributed by atoms with Crippen molar-refractivity contribution in [1.82, 2.24) is 15.0 Å². The fourth-order valence-corrected chi connectivity index (χ4v) is 1.28. The molecule has 0 saturated heterocycles. The van der Waals surface area contributed by atoms with Gasteiger partial charge in [-0.05, 0) is 6.42 Å². The summed E-state index contributed by atoms with van der Waals surface area (Å²) in [6.07, 6.45) is 6.46. The van der Waals surface area contributed by atoms with Crippen LogP contribution in [0, 0.1) is 0 Å². The molecular weight excluding hydrogens is 166 g/mol. The first-order valence-corrected chi connectivity index (χ1v) is 4.86. The lowest BCUT2D eigenvalue weighted by atomic mass is 10.2. The predicted molar refractivity (Wildman–Crippen MR) is 50.1 cm³/mol. The Morgan fingerprint density at radius 2 is 2.23 bits per heavy atom. The maximum atomic E-state index is 8.91. The highest BCUT2D eigenvalue weighted by Gasteiger charge is 2.00. The molecular formula is C9H17N3O. The molecule has 0 spiro atoms. The summed E-state index contributed by atoms with van der Waals surface area (Å²) in [5.41, 5.74) is 0.802. The molecule has 0 amide bonds. The molecule has 1 heterocycles. The van der Waals surface area contributed by atoms with Crippen molar-refractivity contribution in [3.8, 4) is 0 Å². The first-order chi connectivity index (χ1) is 6.38. The third-order valence-corrected chi connectivity index (χ3v) is 2.08. The van der Waals surface area contributed by atoms with E-state index < -0.39 is 0 Å². The van der Waals surface area contributed by atoms with Gasteiger partial charge in [-0.2, -0.15) is 0 Å². The molecule has 0 radical (unpaired) electrons. The average molecular weight is 183 g/mol. The van der Waals surface area contributed by atoms with Crippen LogP contribution in [0.4, 0.5) is 0 Å². The van der Waals surface area contributed by atoms with E-state index in [-0.39, 0.29) is 6.61 Å². The Hall–Kier alpha value is -0.900. The number of hydrogen-bond acceptors (Lipinski definition) is 3. The summed E-state index contributed by atoms with van der Waals surface area (Å²) in [5.74, 6) is 0. The number of aromatic nitrogens is 3. The van der Waals surface area contributed by atoms with Crippen molar-refractivity contribution < 1.29 is 5.11 Å². The normalized spacial score (nSPS) is 10.6. The van der Waals surface area contributed by atoms with Crippen LogP contribution in [0.25, 0.3) is 0 Å². The van der Waals surface area contributed by atoms with Crippen LogP contribution >= 0.6 is 0 Å². The monoisotopic (exact) mass is 183 g/mol. The number of aryl methyl sites for hydroxylation is 1. The molecule has 0 aliphatic carbocycles. The van der Waals surface area contributed by atoms with E-state index in [1.807, 2.05) is 0 Å². The van der Waals surface area contributed by atoms with E-state index in [4.69, 9.17) is 5.11 Å². The highest BCUT2D eigenvalue weighted by atomic mass is 16.3. The molecule has 1 rings (SSSR count). The van der Waals surface area contributed by atoms with Gasteiger partial charge < -0.3 is 5.11 Å². The van der Waals surface area contributed by atoms with Crippen molar-refractivity contribution in [1.29, 1.82) is 0 Å². The lowest BCUT2D eigenvalue weighted by molar-refractivity contribution is 0.267. The summed E-state index contributed by atoms with van der Waals surface area (Å²) in [6, 6.07) is 0. The Bertz CT molecular complexity index is 235. The Labute approximate surface area is 78.6 Å². The molecule has 4 nitrogen and oxygen atoms in total. The second kappa shape index (κ2) is 5.70.